The van der Waals surface area contributed by atoms with E-state index in [4.69, 9.17) is 5.73 Å². The van der Waals surface area contributed by atoms with Crippen molar-refractivity contribution in [2.75, 3.05) is 0 Å². The molecule has 2 bridgehead atoms. The maximum atomic E-state index is 6.45. The van der Waals surface area contributed by atoms with Crippen LogP contribution in [0.25, 0.3) is 0 Å². The molecule has 0 spiro atoms. The first-order valence-electron chi connectivity index (χ1n) is 5.08. The van der Waals surface area contributed by atoms with Crippen LogP contribution in [-0.2, 0) is 0 Å². The monoisotopic (exact) mass is 151 g/mol. The van der Waals surface area contributed by atoms with Crippen LogP contribution in [0.5, 0.6) is 0 Å². The summed E-state index contributed by atoms with van der Waals surface area (Å²) in [6, 6.07) is 0. The number of hydrogen-bond acceptors (Lipinski definition) is 1. The minimum atomic E-state index is 0.322. The minimum Gasteiger partial charge on any atom is -0.325 e. The minimum absolute atomic E-state index is 0.322. The topological polar surface area (TPSA) is 26.0 Å². The summed E-state index contributed by atoms with van der Waals surface area (Å²) in [4.78, 5) is 0. The smallest absolute Gasteiger partial charge is 0.0214 e. The summed E-state index contributed by atoms with van der Waals surface area (Å²) >= 11 is 0. The third-order valence-electron chi connectivity index (χ3n) is 4.28. The lowest BCUT2D eigenvalue weighted by Crippen LogP contribution is -2.47. The van der Waals surface area contributed by atoms with Crippen molar-refractivity contribution in [3.8, 4) is 0 Å². The summed E-state index contributed by atoms with van der Waals surface area (Å²) in [6.07, 6.45) is 8.61. The molecule has 3 aliphatic carbocycles. The summed E-state index contributed by atoms with van der Waals surface area (Å²) in [7, 11) is 0. The average molecular weight is 151 g/mol. The van der Waals surface area contributed by atoms with Gasteiger partial charge in [0.05, 0.1) is 0 Å². The fourth-order valence-electron chi connectivity index (χ4n) is 3.54. The molecule has 1 heteroatoms. The highest BCUT2D eigenvalue weighted by atomic mass is 14.8. The second-order valence-electron chi connectivity index (χ2n) is 4.97. The Balaban J connectivity index is 1.87. The van der Waals surface area contributed by atoms with Crippen LogP contribution in [0.1, 0.15) is 38.5 Å². The van der Waals surface area contributed by atoms with Crippen LogP contribution in [0.15, 0.2) is 0 Å². The highest BCUT2D eigenvalue weighted by Gasteiger charge is 2.55. The van der Waals surface area contributed by atoms with Crippen molar-refractivity contribution in [1.82, 2.24) is 0 Å². The van der Waals surface area contributed by atoms with Crippen molar-refractivity contribution < 1.29 is 0 Å². The first-order valence-corrected chi connectivity index (χ1v) is 5.08. The third kappa shape index (κ3) is 0.752. The molecule has 1 nitrogen and oxygen atoms in total. The predicted molar refractivity (Wildman–Crippen MR) is 45.1 cm³/mol. The molecule has 3 rings (SSSR count). The van der Waals surface area contributed by atoms with E-state index >= 15 is 0 Å². The maximum Gasteiger partial charge on any atom is 0.0214 e. The van der Waals surface area contributed by atoms with Gasteiger partial charge in [-0.15, -0.1) is 0 Å². The zero-order valence-corrected chi connectivity index (χ0v) is 7.05. The zero-order valence-electron chi connectivity index (χ0n) is 7.05. The molecule has 0 heterocycles. The van der Waals surface area contributed by atoms with Gasteiger partial charge in [0.2, 0.25) is 0 Å². The normalized spacial score (nSPS) is 55.4. The Kier molecular flexibility index (Phi) is 1.07. The number of hydrogen-bond donors (Lipinski definition) is 1. The Morgan fingerprint density at radius 3 is 2.18 bits per heavy atom. The summed E-state index contributed by atoms with van der Waals surface area (Å²) in [6.45, 7) is 0. The quantitative estimate of drug-likeness (QED) is 0.608. The standard InChI is InChI=1S/C10H17N/c11-10(8-3-4-8)6-7-1-2-9(10)5-7/h7-9H,1-6,11H2. The molecular formula is C10H17N. The highest BCUT2D eigenvalue weighted by molar-refractivity contribution is 5.11. The lowest BCUT2D eigenvalue weighted by molar-refractivity contribution is 0.237. The van der Waals surface area contributed by atoms with Gasteiger partial charge >= 0.3 is 0 Å². The van der Waals surface area contributed by atoms with Crippen LogP contribution >= 0.6 is 0 Å². The Morgan fingerprint density at radius 1 is 1.00 bits per heavy atom. The molecule has 3 fully saturated rings. The molecule has 62 valence electrons. The molecule has 0 aromatic rings. The molecule has 3 saturated carbocycles. The Morgan fingerprint density at radius 2 is 1.73 bits per heavy atom. The molecule has 0 aromatic heterocycles. The van der Waals surface area contributed by atoms with Gasteiger partial charge in [0, 0.05) is 5.54 Å². The van der Waals surface area contributed by atoms with E-state index in [1.54, 1.807) is 0 Å². The molecule has 2 N–H and O–H groups in total. The molecule has 11 heavy (non-hydrogen) atoms. The predicted octanol–water partition coefficient (Wildman–Crippen LogP) is 1.91. The van der Waals surface area contributed by atoms with Crippen molar-refractivity contribution in [2.45, 2.75) is 44.1 Å². The molecule has 0 aromatic carbocycles. The van der Waals surface area contributed by atoms with Crippen LogP contribution in [-0.4, -0.2) is 5.54 Å². The SMILES string of the molecule is NC1(C2CC2)CC2CCC1C2. The largest absolute Gasteiger partial charge is 0.325 e. The maximum absolute atomic E-state index is 6.45. The Hall–Kier alpha value is -0.0400. The van der Waals surface area contributed by atoms with Crippen molar-refractivity contribution in [3.05, 3.63) is 0 Å². The molecule has 0 radical (unpaired) electrons. The molecule has 0 aliphatic heterocycles. The van der Waals surface area contributed by atoms with Gasteiger partial charge in [-0.1, -0.05) is 6.42 Å². The lowest BCUT2D eigenvalue weighted by Gasteiger charge is -2.34. The average Bonchev–Trinajstić information content (AvgIpc) is 2.68. The van der Waals surface area contributed by atoms with E-state index in [0.29, 0.717) is 5.54 Å². The fraction of sp³-hybridized carbons (Fsp3) is 1.00. The summed E-state index contributed by atoms with van der Waals surface area (Å²) < 4.78 is 0. The van der Waals surface area contributed by atoms with E-state index in [1.165, 1.54) is 38.5 Å². The first-order chi connectivity index (χ1) is 5.29. The lowest BCUT2D eigenvalue weighted by atomic mass is 9.78. The molecular weight excluding hydrogens is 134 g/mol. The van der Waals surface area contributed by atoms with Gasteiger partial charge in [-0.25, -0.2) is 0 Å². The Labute approximate surface area is 68.3 Å². The van der Waals surface area contributed by atoms with Gasteiger partial charge in [-0.05, 0) is 49.9 Å². The van der Waals surface area contributed by atoms with Crippen molar-refractivity contribution in [1.29, 1.82) is 0 Å². The van der Waals surface area contributed by atoms with Gasteiger partial charge in [-0.2, -0.15) is 0 Å². The van der Waals surface area contributed by atoms with Crippen LogP contribution < -0.4 is 5.73 Å². The molecule has 0 saturated heterocycles. The van der Waals surface area contributed by atoms with Crippen LogP contribution in [0.4, 0.5) is 0 Å². The van der Waals surface area contributed by atoms with Gasteiger partial charge in [0.15, 0.2) is 0 Å². The molecule has 0 amide bonds. The van der Waals surface area contributed by atoms with Gasteiger partial charge in [0.1, 0.15) is 0 Å². The summed E-state index contributed by atoms with van der Waals surface area (Å²) in [5.74, 6) is 2.86. The van der Waals surface area contributed by atoms with Crippen LogP contribution in [0.2, 0.25) is 0 Å². The van der Waals surface area contributed by atoms with Gasteiger partial charge in [-0.3, -0.25) is 0 Å². The third-order valence-corrected chi connectivity index (χ3v) is 4.28. The van der Waals surface area contributed by atoms with E-state index in [2.05, 4.69) is 0 Å². The van der Waals surface area contributed by atoms with E-state index in [1.807, 2.05) is 0 Å². The second kappa shape index (κ2) is 1.82. The van der Waals surface area contributed by atoms with Crippen LogP contribution in [0, 0.1) is 17.8 Å². The number of rotatable bonds is 1. The van der Waals surface area contributed by atoms with Crippen LogP contribution in [0.3, 0.4) is 0 Å². The van der Waals surface area contributed by atoms with E-state index in [-0.39, 0.29) is 0 Å². The fourth-order valence-corrected chi connectivity index (χ4v) is 3.54. The van der Waals surface area contributed by atoms with Gasteiger partial charge in [0.25, 0.3) is 0 Å². The van der Waals surface area contributed by atoms with E-state index in [9.17, 15) is 0 Å². The Bertz CT molecular complexity index is 185. The van der Waals surface area contributed by atoms with Crippen molar-refractivity contribution in [3.63, 3.8) is 0 Å². The first kappa shape index (κ1) is 6.47. The molecule has 3 unspecified atom stereocenters. The van der Waals surface area contributed by atoms with Crippen molar-refractivity contribution >= 4 is 0 Å². The van der Waals surface area contributed by atoms with E-state index < -0.39 is 0 Å². The summed E-state index contributed by atoms with van der Waals surface area (Å²) in [5.41, 5.74) is 6.77. The second-order valence-corrected chi connectivity index (χ2v) is 4.97. The highest BCUT2D eigenvalue weighted by Crippen LogP contribution is 2.57. The molecule has 3 aliphatic rings. The van der Waals surface area contributed by atoms with E-state index in [0.717, 1.165) is 17.8 Å². The molecule has 3 atom stereocenters. The zero-order chi connectivity index (χ0) is 7.47. The van der Waals surface area contributed by atoms with Crippen molar-refractivity contribution in [2.24, 2.45) is 23.5 Å². The van der Waals surface area contributed by atoms with Gasteiger partial charge < -0.3 is 5.73 Å². The number of fused-ring (bicyclic) bond motifs is 2. The summed E-state index contributed by atoms with van der Waals surface area (Å²) in [5, 5.41) is 0. The number of nitrogens with two attached hydrogens (primary N) is 1.